The molecule has 5 heteroatoms. The quantitative estimate of drug-likeness (QED) is 0.411. The molecule has 1 fully saturated rings. The van der Waals surface area contributed by atoms with E-state index in [-0.39, 0.29) is 5.91 Å². The average Bonchev–Trinajstić information content (AvgIpc) is 3.42. The highest BCUT2D eigenvalue weighted by Crippen LogP contribution is 2.18. The Labute approximate surface area is 151 Å². The van der Waals surface area contributed by atoms with E-state index in [4.69, 9.17) is 0 Å². The summed E-state index contributed by atoms with van der Waals surface area (Å²) >= 11 is 0. The van der Waals surface area contributed by atoms with Crippen LogP contribution in [0.1, 0.15) is 50.7 Å². The molecule has 1 aliphatic carbocycles. The number of aliphatic imine (C=N–C) groups is 1. The molecule has 2 rings (SSSR count). The summed E-state index contributed by atoms with van der Waals surface area (Å²) in [5.41, 5.74) is 2.63. The standard InChI is InChI=1S/C20H32N4O/c1-4-16-8-10-17(11-9-16)15-24(3)20(21-5-2)22-14-6-7-19(25)23-18-12-13-18/h8-11,18H,4-7,12-15H2,1-3H3,(H,21,22)(H,23,25). The van der Waals surface area contributed by atoms with Crippen molar-refractivity contribution in [3.8, 4) is 0 Å². The second-order valence-electron chi connectivity index (χ2n) is 6.71. The number of guanidine groups is 1. The number of carbonyl (C=O) groups excluding carboxylic acids is 1. The zero-order chi connectivity index (χ0) is 18.1. The molecule has 138 valence electrons. The molecule has 0 atom stereocenters. The van der Waals surface area contributed by atoms with Gasteiger partial charge in [-0.2, -0.15) is 0 Å². The van der Waals surface area contributed by atoms with Crippen LogP contribution in [0, 0.1) is 0 Å². The number of carbonyl (C=O) groups is 1. The minimum atomic E-state index is 0.159. The van der Waals surface area contributed by atoms with Crippen LogP contribution in [-0.2, 0) is 17.8 Å². The first-order chi connectivity index (χ1) is 12.1. The molecule has 0 radical (unpaired) electrons. The van der Waals surface area contributed by atoms with E-state index in [0.29, 0.717) is 19.0 Å². The number of benzene rings is 1. The molecule has 1 aliphatic rings. The van der Waals surface area contributed by atoms with Crippen molar-refractivity contribution in [2.45, 2.75) is 58.5 Å². The monoisotopic (exact) mass is 344 g/mol. The summed E-state index contributed by atoms with van der Waals surface area (Å²) in [6.45, 7) is 6.56. The average molecular weight is 345 g/mol. The highest BCUT2D eigenvalue weighted by atomic mass is 16.1. The summed E-state index contributed by atoms with van der Waals surface area (Å²) in [5.74, 6) is 1.05. The lowest BCUT2D eigenvalue weighted by Gasteiger charge is -2.22. The van der Waals surface area contributed by atoms with Gasteiger partial charge < -0.3 is 15.5 Å². The van der Waals surface area contributed by atoms with Gasteiger partial charge in [-0.1, -0.05) is 31.2 Å². The largest absolute Gasteiger partial charge is 0.357 e. The Bertz CT molecular complexity index is 564. The van der Waals surface area contributed by atoms with E-state index in [1.165, 1.54) is 11.1 Å². The Balaban J connectivity index is 1.80. The van der Waals surface area contributed by atoms with Crippen LogP contribution in [-0.4, -0.2) is 42.9 Å². The molecule has 5 nitrogen and oxygen atoms in total. The smallest absolute Gasteiger partial charge is 0.220 e. The first-order valence-corrected chi connectivity index (χ1v) is 9.49. The summed E-state index contributed by atoms with van der Waals surface area (Å²) < 4.78 is 0. The molecular formula is C20H32N4O. The van der Waals surface area contributed by atoms with Crippen molar-refractivity contribution >= 4 is 11.9 Å². The fraction of sp³-hybridized carbons (Fsp3) is 0.600. The summed E-state index contributed by atoms with van der Waals surface area (Å²) in [7, 11) is 2.05. The van der Waals surface area contributed by atoms with Gasteiger partial charge in [0.05, 0.1) is 0 Å². The Hall–Kier alpha value is -2.04. The molecule has 1 saturated carbocycles. The minimum Gasteiger partial charge on any atom is -0.357 e. The van der Waals surface area contributed by atoms with Crippen LogP contribution in [0.5, 0.6) is 0 Å². The molecule has 0 aromatic heterocycles. The van der Waals surface area contributed by atoms with Gasteiger partial charge >= 0.3 is 0 Å². The van der Waals surface area contributed by atoms with Crippen LogP contribution in [0.25, 0.3) is 0 Å². The lowest BCUT2D eigenvalue weighted by molar-refractivity contribution is -0.121. The van der Waals surface area contributed by atoms with Crippen LogP contribution >= 0.6 is 0 Å². The van der Waals surface area contributed by atoms with E-state index in [9.17, 15) is 4.79 Å². The number of hydrogen-bond donors (Lipinski definition) is 2. The molecular weight excluding hydrogens is 312 g/mol. The van der Waals surface area contributed by atoms with Crippen LogP contribution < -0.4 is 10.6 Å². The highest BCUT2D eigenvalue weighted by molar-refractivity contribution is 5.80. The Morgan fingerprint density at radius 2 is 1.88 bits per heavy atom. The summed E-state index contributed by atoms with van der Waals surface area (Å²) in [4.78, 5) is 18.5. The minimum absolute atomic E-state index is 0.159. The van der Waals surface area contributed by atoms with Crippen molar-refractivity contribution in [3.05, 3.63) is 35.4 Å². The molecule has 0 bridgehead atoms. The van der Waals surface area contributed by atoms with E-state index in [1.807, 2.05) is 0 Å². The maximum Gasteiger partial charge on any atom is 0.220 e. The predicted molar refractivity (Wildman–Crippen MR) is 104 cm³/mol. The molecule has 2 N–H and O–H groups in total. The van der Waals surface area contributed by atoms with Crippen molar-refractivity contribution in [2.24, 2.45) is 4.99 Å². The molecule has 1 amide bonds. The lowest BCUT2D eigenvalue weighted by Crippen LogP contribution is -2.38. The van der Waals surface area contributed by atoms with Gasteiger partial charge in [0.15, 0.2) is 5.96 Å². The fourth-order valence-corrected chi connectivity index (χ4v) is 2.65. The Morgan fingerprint density at radius 1 is 1.20 bits per heavy atom. The Kier molecular flexibility index (Phi) is 7.76. The third-order valence-corrected chi connectivity index (χ3v) is 4.31. The van der Waals surface area contributed by atoms with Crippen molar-refractivity contribution in [3.63, 3.8) is 0 Å². The normalized spacial score (nSPS) is 14.3. The van der Waals surface area contributed by atoms with E-state index >= 15 is 0 Å². The fourth-order valence-electron chi connectivity index (χ4n) is 2.65. The van der Waals surface area contributed by atoms with Crippen molar-refractivity contribution in [1.82, 2.24) is 15.5 Å². The van der Waals surface area contributed by atoms with Crippen molar-refractivity contribution in [1.29, 1.82) is 0 Å². The van der Waals surface area contributed by atoms with E-state index in [2.05, 4.69) is 65.7 Å². The van der Waals surface area contributed by atoms with Crippen LogP contribution in [0.3, 0.4) is 0 Å². The molecule has 0 heterocycles. The maximum absolute atomic E-state index is 11.7. The molecule has 25 heavy (non-hydrogen) atoms. The molecule has 0 aliphatic heterocycles. The summed E-state index contributed by atoms with van der Waals surface area (Å²) in [6.07, 6.45) is 4.68. The summed E-state index contributed by atoms with van der Waals surface area (Å²) in [6, 6.07) is 9.18. The number of hydrogen-bond acceptors (Lipinski definition) is 2. The number of aryl methyl sites for hydroxylation is 1. The second kappa shape index (κ2) is 10.1. The molecule has 0 unspecified atom stereocenters. The zero-order valence-corrected chi connectivity index (χ0v) is 15.8. The predicted octanol–water partition coefficient (Wildman–Crippen LogP) is 2.71. The highest BCUT2D eigenvalue weighted by Gasteiger charge is 2.22. The number of amides is 1. The number of nitrogens with zero attached hydrogens (tertiary/aromatic N) is 2. The first kappa shape index (κ1) is 19.3. The van der Waals surface area contributed by atoms with Crippen LogP contribution in [0.2, 0.25) is 0 Å². The van der Waals surface area contributed by atoms with Crippen LogP contribution in [0.15, 0.2) is 29.3 Å². The zero-order valence-electron chi connectivity index (χ0n) is 15.8. The van der Waals surface area contributed by atoms with Gasteiger partial charge in [-0.15, -0.1) is 0 Å². The van der Waals surface area contributed by atoms with Gasteiger partial charge in [0.25, 0.3) is 0 Å². The van der Waals surface area contributed by atoms with Crippen LogP contribution in [0.4, 0.5) is 0 Å². The third-order valence-electron chi connectivity index (χ3n) is 4.31. The van der Waals surface area contributed by atoms with Crippen molar-refractivity contribution in [2.75, 3.05) is 20.1 Å². The number of rotatable bonds is 9. The van der Waals surface area contributed by atoms with Gasteiger partial charge in [-0.3, -0.25) is 9.79 Å². The third kappa shape index (κ3) is 7.16. The lowest BCUT2D eigenvalue weighted by atomic mass is 10.1. The SMILES string of the molecule is CCNC(=NCCCC(=O)NC1CC1)N(C)Cc1ccc(CC)cc1. The van der Waals surface area contributed by atoms with Gasteiger partial charge in [0.1, 0.15) is 0 Å². The topological polar surface area (TPSA) is 56.7 Å². The van der Waals surface area contributed by atoms with Gasteiger partial charge in [-0.05, 0) is 43.7 Å². The molecule has 1 aromatic rings. The second-order valence-corrected chi connectivity index (χ2v) is 6.71. The first-order valence-electron chi connectivity index (χ1n) is 9.49. The van der Waals surface area contributed by atoms with E-state index in [1.54, 1.807) is 0 Å². The molecule has 1 aromatic carbocycles. The van der Waals surface area contributed by atoms with E-state index < -0.39 is 0 Å². The molecule has 0 saturated heterocycles. The van der Waals surface area contributed by atoms with E-state index in [0.717, 1.165) is 44.7 Å². The maximum atomic E-state index is 11.7. The van der Waals surface area contributed by atoms with Crippen molar-refractivity contribution < 1.29 is 4.79 Å². The Morgan fingerprint density at radius 3 is 2.48 bits per heavy atom. The van der Waals surface area contributed by atoms with Gasteiger partial charge in [0.2, 0.25) is 5.91 Å². The molecule has 0 spiro atoms. The summed E-state index contributed by atoms with van der Waals surface area (Å²) in [5, 5.41) is 6.35. The van der Waals surface area contributed by atoms with Gasteiger partial charge in [-0.25, -0.2) is 0 Å². The van der Waals surface area contributed by atoms with Gasteiger partial charge in [0, 0.05) is 39.1 Å². The number of nitrogens with one attached hydrogen (secondary N) is 2.